The first-order valence-electron chi connectivity index (χ1n) is 4.23. The highest BCUT2D eigenvalue weighted by atomic mass is 16.3. The molecule has 0 aliphatic heterocycles. The molecule has 2 fully saturated rings. The average Bonchev–Trinajstić information content (AvgIpc) is 2.62. The van der Waals surface area contributed by atoms with E-state index >= 15 is 0 Å². The first-order valence-corrected chi connectivity index (χ1v) is 4.23. The lowest BCUT2D eigenvalue weighted by atomic mass is 9.58. The van der Waals surface area contributed by atoms with Gasteiger partial charge in [0.2, 0.25) is 0 Å². The van der Waals surface area contributed by atoms with Gasteiger partial charge >= 0.3 is 0 Å². The van der Waals surface area contributed by atoms with Crippen LogP contribution >= 0.6 is 0 Å². The van der Waals surface area contributed by atoms with Gasteiger partial charge in [0.05, 0.1) is 0 Å². The van der Waals surface area contributed by atoms with Crippen molar-refractivity contribution in [1.29, 1.82) is 0 Å². The second-order valence-corrected chi connectivity index (χ2v) is 4.62. The molecule has 1 N–H and O–H groups in total. The van der Waals surface area contributed by atoms with E-state index in [4.69, 9.17) is 5.11 Å². The van der Waals surface area contributed by atoms with E-state index in [9.17, 15) is 0 Å². The smallest absolute Gasteiger partial charge is 0.0464 e. The zero-order valence-corrected chi connectivity index (χ0v) is 6.85. The Hall–Kier alpha value is -0.0400. The fourth-order valence-corrected chi connectivity index (χ4v) is 2.70. The molecule has 0 amide bonds. The largest absolute Gasteiger partial charge is 0.396 e. The van der Waals surface area contributed by atoms with Crippen molar-refractivity contribution in [2.45, 2.75) is 33.1 Å². The van der Waals surface area contributed by atoms with Gasteiger partial charge in [-0.15, -0.1) is 0 Å². The molecule has 0 heterocycles. The van der Waals surface area contributed by atoms with Crippen LogP contribution in [0, 0.1) is 16.7 Å². The van der Waals surface area contributed by atoms with Gasteiger partial charge in [-0.2, -0.15) is 0 Å². The summed E-state index contributed by atoms with van der Waals surface area (Å²) in [6.45, 7) is 5.10. The zero-order chi connectivity index (χ0) is 7.41. The average molecular weight is 140 g/mol. The normalized spacial score (nSPS) is 48.9. The molecule has 2 rings (SSSR count). The quantitative estimate of drug-likeness (QED) is 0.589. The predicted molar refractivity (Wildman–Crippen MR) is 40.6 cm³/mol. The molecular formula is C9H16O. The summed E-state index contributed by atoms with van der Waals surface area (Å²) < 4.78 is 0. The van der Waals surface area contributed by atoms with Crippen LogP contribution in [0.4, 0.5) is 0 Å². The standard InChI is InChI=1S/C9H16O/c1-8(2)3-4-9(8)5-7(9)6-10/h7,10H,3-6H2,1-2H3. The molecule has 10 heavy (non-hydrogen) atoms. The molecule has 2 aliphatic rings. The van der Waals surface area contributed by atoms with Gasteiger partial charge in [0.1, 0.15) is 0 Å². The fraction of sp³-hybridized carbons (Fsp3) is 1.00. The number of aliphatic hydroxyl groups excluding tert-OH is 1. The summed E-state index contributed by atoms with van der Waals surface area (Å²) in [6, 6.07) is 0. The van der Waals surface area contributed by atoms with Gasteiger partial charge in [-0.25, -0.2) is 0 Å². The summed E-state index contributed by atoms with van der Waals surface area (Å²) in [5, 5.41) is 8.94. The molecule has 2 unspecified atom stereocenters. The lowest BCUT2D eigenvalue weighted by molar-refractivity contribution is 0.0211. The maximum Gasteiger partial charge on any atom is 0.0464 e. The van der Waals surface area contributed by atoms with E-state index in [-0.39, 0.29) is 0 Å². The monoisotopic (exact) mass is 140 g/mol. The Bertz CT molecular complexity index is 162. The molecule has 2 saturated carbocycles. The van der Waals surface area contributed by atoms with E-state index in [1.165, 1.54) is 19.3 Å². The lowest BCUT2D eigenvalue weighted by Gasteiger charge is -2.46. The summed E-state index contributed by atoms with van der Waals surface area (Å²) in [4.78, 5) is 0. The molecule has 1 nitrogen and oxygen atoms in total. The molecule has 58 valence electrons. The Balaban J connectivity index is 2.08. The molecular weight excluding hydrogens is 124 g/mol. The molecule has 2 aliphatic carbocycles. The Morgan fingerprint density at radius 1 is 1.40 bits per heavy atom. The van der Waals surface area contributed by atoms with Gasteiger partial charge in [0.25, 0.3) is 0 Å². The van der Waals surface area contributed by atoms with Crippen LogP contribution in [0.25, 0.3) is 0 Å². The Labute approximate surface area is 62.4 Å². The van der Waals surface area contributed by atoms with Crippen LogP contribution < -0.4 is 0 Å². The van der Waals surface area contributed by atoms with Gasteiger partial charge in [-0.1, -0.05) is 13.8 Å². The highest BCUT2D eigenvalue weighted by Gasteiger charge is 2.67. The van der Waals surface area contributed by atoms with E-state index in [2.05, 4.69) is 13.8 Å². The van der Waals surface area contributed by atoms with Crippen molar-refractivity contribution < 1.29 is 5.11 Å². The second-order valence-electron chi connectivity index (χ2n) is 4.62. The molecule has 2 atom stereocenters. The summed E-state index contributed by atoms with van der Waals surface area (Å²) in [6.07, 6.45) is 4.02. The highest BCUT2D eigenvalue weighted by Crippen LogP contribution is 2.74. The minimum Gasteiger partial charge on any atom is -0.396 e. The number of aliphatic hydroxyl groups is 1. The van der Waals surface area contributed by atoms with Crippen molar-refractivity contribution in [1.82, 2.24) is 0 Å². The number of hydrogen-bond donors (Lipinski definition) is 1. The van der Waals surface area contributed by atoms with E-state index in [1.807, 2.05) is 0 Å². The maximum atomic E-state index is 8.94. The molecule has 0 bridgehead atoms. The van der Waals surface area contributed by atoms with Gasteiger partial charge in [0, 0.05) is 6.61 Å². The molecule has 1 spiro atoms. The number of rotatable bonds is 1. The topological polar surface area (TPSA) is 20.2 Å². The summed E-state index contributed by atoms with van der Waals surface area (Å²) in [5.74, 6) is 0.649. The third kappa shape index (κ3) is 0.531. The molecule has 0 aromatic heterocycles. The van der Waals surface area contributed by atoms with E-state index in [0.717, 1.165) is 0 Å². The molecule has 0 aromatic rings. The molecule has 1 heteroatoms. The van der Waals surface area contributed by atoms with Crippen molar-refractivity contribution in [3.63, 3.8) is 0 Å². The lowest BCUT2D eigenvalue weighted by Crippen LogP contribution is -2.38. The van der Waals surface area contributed by atoms with Crippen LogP contribution in [-0.4, -0.2) is 11.7 Å². The van der Waals surface area contributed by atoms with Crippen molar-refractivity contribution in [2.75, 3.05) is 6.61 Å². The Kier molecular flexibility index (Phi) is 1.05. The maximum absolute atomic E-state index is 8.94. The van der Waals surface area contributed by atoms with Crippen molar-refractivity contribution in [3.8, 4) is 0 Å². The highest BCUT2D eigenvalue weighted by molar-refractivity contribution is 5.16. The molecule has 0 aromatic carbocycles. The van der Waals surface area contributed by atoms with Crippen LogP contribution in [0.1, 0.15) is 33.1 Å². The van der Waals surface area contributed by atoms with Crippen LogP contribution in [0.2, 0.25) is 0 Å². The minimum atomic E-state index is 0.420. The van der Waals surface area contributed by atoms with Gasteiger partial charge in [-0.05, 0) is 36.0 Å². The second kappa shape index (κ2) is 1.58. The predicted octanol–water partition coefficient (Wildman–Crippen LogP) is 1.81. The zero-order valence-electron chi connectivity index (χ0n) is 6.85. The number of hydrogen-bond acceptors (Lipinski definition) is 1. The Morgan fingerprint density at radius 2 is 2.10 bits per heavy atom. The van der Waals surface area contributed by atoms with Crippen LogP contribution in [0.5, 0.6) is 0 Å². The van der Waals surface area contributed by atoms with Crippen LogP contribution in [0.3, 0.4) is 0 Å². The fourth-order valence-electron chi connectivity index (χ4n) is 2.70. The van der Waals surface area contributed by atoms with Crippen molar-refractivity contribution in [2.24, 2.45) is 16.7 Å². The summed E-state index contributed by atoms with van der Waals surface area (Å²) in [5.41, 5.74) is 1.13. The first-order chi connectivity index (χ1) is 4.62. The SMILES string of the molecule is CC1(C)CCC12CC2CO. The van der Waals surface area contributed by atoms with Crippen LogP contribution in [0.15, 0.2) is 0 Å². The van der Waals surface area contributed by atoms with Crippen molar-refractivity contribution in [3.05, 3.63) is 0 Å². The third-order valence-electron chi connectivity index (χ3n) is 4.00. The summed E-state index contributed by atoms with van der Waals surface area (Å²) in [7, 11) is 0. The summed E-state index contributed by atoms with van der Waals surface area (Å²) >= 11 is 0. The van der Waals surface area contributed by atoms with Gasteiger partial charge in [0.15, 0.2) is 0 Å². The van der Waals surface area contributed by atoms with Crippen LogP contribution in [-0.2, 0) is 0 Å². The van der Waals surface area contributed by atoms with Crippen molar-refractivity contribution >= 4 is 0 Å². The van der Waals surface area contributed by atoms with E-state index < -0.39 is 0 Å². The van der Waals surface area contributed by atoms with E-state index in [0.29, 0.717) is 23.4 Å². The first kappa shape index (κ1) is 6.66. The van der Waals surface area contributed by atoms with Gasteiger partial charge < -0.3 is 5.11 Å². The van der Waals surface area contributed by atoms with E-state index in [1.54, 1.807) is 0 Å². The van der Waals surface area contributed by atoms with Gasteiger partial charge in [-0.3, -0.25) is 0 Å². The third-order valence-corrected chi connectivity index (χ3v) is 4.00. The Morgan fingerprint density at radius 3 is 2.20 bits per heavy atom. The minimum absolute atomic E-state index is 0.420. The molecule has 0 radical (unpaired) electrons. The molecule has 0 saturated heterocycles.